The predicted molar refractivity (Wildman–Crippen MR) is 58.7 cm³/mol. The Morgan fingerprint density at radius 3 is 2.21 bits per heavy atom. The fourth-order valence-electron chi connectivity index (χ4n) is 2.07. The number of Topliss-reactive ketones (excluding diaryl/α,β-unsaturated/α-hetero) is 1. The van der Waals surface area contributed by atoms with Gasteiger partial charge in [0.2, 0.25) is 11.6 Å². The molecule has 1 aliphatic rings. The minimum atomic E-state index is -1.59. The topological polar surface area (TPSA) is 26.3 Å². The fourth-order valence-corrected chi connectivity index (χ4v) is 2.07. The SMILES string of the molecule is CCC1(C)C(=O)CC1Oc1c(F)c(F)cc(F)c1F. The maximum Gasteiger partial charge on any atom is 0.203 e. The predicted octanol–water partition coefficient (Wildman–Crippen LogP) is 3.38. The molecule has 1 aromatic carbocycles. The Labute approximate surface area is 107 Å². The molecule has 1 saturated carbocycles. The minimum Gasteiger partial charge on any atom is -0.483 e. The number of carbonyl (C=O) groups is 1. The monoisotopic (exact) mass is 276 g/mol. The highest BCUT2D eigenvalue weighted by molar-refractivity contribution is 5.92. The largest absolute Gasteiger partial charge is 0.483 e. The molecule has 0 N–H and O–H groups in total. The number of ether oxygens (including phenoxy) is 1. The molecule has 19 heavy (non-hydrogen) atoms. The van der Waals surface area contributed by atoms with E-state index in [1.54, 1.807) is 13.8 Å². The molecular weight excluding hydrogens is 264 g/mol. The number of rotatable bonds is 3. The van der Waals surface area contributed by atoms with E-state index in [1.165, 1.54) is 0 Å². The third kappa shape index (κ3) is 1.99. The van der Waals surface area contributed by atoms with E-state index < -0.39 is 40.5 Å². The molecule has 2 unspecified atom stereocenters. The summed E-state index contributed by atoms with van der Waals surface area (Å²) < 4.78 is 57.9. The average molecular weight is 276 g/mol. The van der Waals surface area contributed by atoms with Crippen molar-refractivity contribution in [2.75, 3.05) is 0 Å². The van der Waals surface area contributed by atoms with Crippen LogP contribution in [0.15, 0.2) is 6.07 Å². The van der Waals surface area contributed by atoms with Crippen molar-refractivity contribution in [3.63, 3.8) is 0 Å². The Morgan fingerprint density at radius 2 is 1.79 bits per heavy atom. The van der Waals surface area contributed by atoms with Gasteiger partial charge in [0.05, 0.1) is 5.41 Å². The zero-order valence-corrected chi connectivity index (χ0v) is 10.4. The molecule has 0 amide bonds. The van der Waals surface area contributed by atoms with Gasteiger partial charge in [-0.1, -0.05) is 6.92 Å². The van der Waals surface area contributed by atoms with Gasteiger partial charge in [-0.3, -0.25) is 4.79 Å². The summed E-state index contributed by atoms with van der Waals surface area (Å²) in [5.74, 6) is -7.43. The molecule has 104 valence electrons. The molecule has 0 saturated heterocycles. The van der Waals surface area contributed by atoms with Crippen molar-refractivity contribution in [1.82, 2.24) is 0 Å². The minimum absolute atomic E-state index is 0.0264. The first kappa shape index (κ1) is 13.8. The lowest BCUT2D eigenvalue weighted by Crippen LogP contribution is -2.54. The van der Waals surface area contributed by atoms with Gasteiger partial charge in [-0.2, -0.15) is 8.78 Å². The van der Waals surface area contributed by atoms with Crippen LogP contribution in [0.3, 0.4) is 0 Å². The van der Waals surface area contributed by atoms with E-state index in [1.807, 2.05) is 0 Å². The lowest BCUT2D eigenvalue weighted by Gasteiger charge is -2.44. The summed E-state index contributed by atoms with van der Waals surface area (Å²) in [6.07, 6.45) is -0.394. The van der Waals surface area contributed by atoms with Gasteiger partial charge in [0.25, 0.3) is 0 Å². The molecule has 0 heterocycles. The van der Waals surface area contributed by atoms with Crippen molar-refractivity contribution in [3.8, 4) is 5.75 Å². The number of hydrogen-bond acceptors (Lipinski definition) is 2. The van der Waals surface area contributed by atoms with E-state index in [-0.39, 0.29) is 18.3 Å². The smallest absolute Gasteiger partial charge is 0.203 e. The summed E-state index contributed by atoms with van der Waals surface area (Å²) in [6.45, 7) is 3.32. The fraction of sp³-hybridized carbons (Fsp3) is 0.462. The molecule has 0 aliphatic heterocycles. The first-order chi connectivity index (χ1) is 8.81. The van der Waals surface area contributed by atoms with Crippen LogP contribution in [0, 0.1) is 28.7 Å². The van der Waals surface area contributed by atoms with E-state index in [4.69, 9.17) is 4.74 Å². The van der Waals surface area contributed by atoms with Crippen LogP contribution in [0.2, 0.25) is 0 Å². The molecule has 1 aromatic rings. The second-order valence-electron chi connectivity index (χ2n) is 4.80. The maximum absolute atomic E-state index is 13.4. The second-order valence-corrected chi connectivity index (χ2v) is 4.80. The van der Waals surface area contributed by atoms with Crippen LogP contribution in [0.1, 0.15) is 26.7 Å². The summed E-state index contributed by atoms with van der Waals surface area (Å²) in [7, 11) is 0. The number of benzene rings is 1. The summed E-state index contributed by atoms with van der Waals surface area (Å²) in [5.41, 5.74) is -0.873. The van der Waals surface area contributed by atoms with E-state index in [2.05, 4.69) is 0 Å². The van der Waals surface area contributed by atoms with Crippen molar-refractivity contribution in [2.24, 2.45) is 5.41 Å². The molecule has 0 bridgehead atoms. The van der Waals surface area contributed by atoms with Crippen LogP contribution in [-0.4, -0.2) is 11.9 Å². The van der Waals surface area contributed by atoms with Crippen LogP contribution in [0.25, 0.3) is 0 Å². The zero-order valence-electron chi connectivity index (χ0n) is 10.4. The highest BCUT2D eigenvalue weighted by atomic mass is 19.2. The van der Waals surface area contributed by atoms with Crippen molar-refractivity contribution in [2.45, 2.75) is 32.8 Å². The van der Waals surface area contributed by atoms with Crippen LogP contribution in [-0.2, 0) is 4.79 Å². The number of halogens is 4. The van der Waals surface area contributed by atoms with Crippen LogP contribution >= 0.6 is 0 Å². The van der Waals surface area contributed by atoms with E-state index in [0.717, 1.165) is 0 Å². The van der Waals surface area contributed by atoms with E-state index in [0.29, 0.717) is 6.42 Å². The number of hydrogen-bond donors (Lipinski definition) is 0. The molecule has 0 spiro atoms. The van der Waals surface area contributed by atoms with E-state index >= 15 is 0 Å². The van der Waals surface area contributed by atoms with Gasteiger partial charge in [-0.05, 0) is 13.3 Å². The summed E-state index contributed by atoms with van der Waals surface area (Å²) in [5, 5.41) is 0. The van der Waals surface area contributed by atoms with Gasteiger partial charge in [0.1, 0.15) is 11.9 Å². The molecule has 6 heteroatoms. The number of carbonyl (C=O) groups excluding carboxylic acids is 1. The van der Waals surface area contributed by atoms with Crippen molar-refractivity contribution in [1.29, 1.82) is 0 Å². The first-order valence-electron chi connectivity index (χ1n) is 5.84. The van der Waals surface area contributed by atoms with Gasteiger partial charge in [0.15, 0.2) is 17.4 Å². The molecule has 2 atom stereocenters. The molecule has 1 aliphatic carbocycles. The molecule has 0 radical (unpaired) electrons. The lowest BCUT2D eigenvalue weighted by atomic mass is 9.64. The van der Waals surface area contributed by atoms with Crippen molar-refractivity contribution in [3.05, 3.63) is 29.3 Å². The van der Waals surface area contributed by atoms with Gasteiger partial charge >= 0.3 is 0 Å². The third-order valence-electron chi connectivity index (χ3n) is 3.78. The maximum atomic E-state index is 13.4. The molecule has 2 nitrogen and oxygen atoms in total. The Balaban J connectivity index is 2.33. The summed E-state index contributed by atoms with van der Waals surface area (Å²) >= 11 is 0. The Bertz CT molecular complexity index is 518. The van der Waals surface area contributed by atoms with Gasteiger partial charge < -0.3 is 4.74 Å². The van der Waals surface area contributed by atoms with Gasteiger partial charge in [-0.25, -0.2) is 8.78 Å². The van der Waals surface area contributed by atoms with Gasteiger partial charge in [0, 0.05) is 12.5 Å². The third-order valence-corrected chi connectivity index (χ3v) is 3.78. The Morgan fingerprint density at radius 1 is 1.26 bits per heavy atom. The Hall–Kier alpha value is -1.59. The molecule has 1 fully saturated rings. The average Bonchev–Trinajstić information content (AvgIpc) is 2.39. The second kappa shape index (κ2) is 4.51. The van der Waals surface area contributed by atoms with Gasteiger partial charge in [-0.15, -0.1) is 0 Å². The molecule has 2 rings (SSSR count). The summed E-state index contributed by atoms with van der Waals surface area (Å²) in [6, 6.07) is 0.114. The standard InChI is InChI=1S/C13H12F4O2/c1-3-13(2)8(18)5-9(13)19-12-10(16)6(14)4-7(15)11(12)17/h4,9H,3,5H2,1-2H3. The highest BCUT2D eigenvalue weighted by Crippen LogP contribution is 2.43. The Kier molecular flexibility index (Phi) is 3.28. The number of ketones is 1. The van der Waals surface area contributed by atoms with Crippen molar-refractivity contribution >= 4 is 5.78 Å². The summed E-state index contributed by atoms with van der Waals surface area (Å²) in [4.78, 5) is 11.5. The van der Waals surface area contributed by atoms with Crippen LogP contribution < -0.4 is 4.74 Å². The van der Waals surface area contributed by atoms with Crippen LogP contribution in [0.4, 0.5) is 17.6 Å². The van der Waals surface area contributed by atoms with Crippen LogP contribution in [0.5, 0.6) is 5.75 Å². The van der Waals surface area contributed by atoms with E-state index in [9.17, 15) is 22.4 Å². The normalized spacial score (nSPS) is 26.2. The highest BCUT2D eigenvalue weighted by Gasteiger charge is 2.52. The zero-order chi connectivity index (χ0) is 14.4. The lowest BCUT2D eigenvalue weighted by molar-refractivity contribution is -0.151. The quantitative estimate of drug-likeness (QED) is 0.625. The van der Waals surface area contributed by atoms with Crippen molar-refractivity contribution < 1.29 is 27.1 Å². The molecular formula is C13H12F4O2. The first-order valence-corrected chi connectivity index (χ1v) is 5.84. The molecule has 0 aromatic heterocycles.